The molecule has 0 bridgehead atoms. The molecule has 0 aliphatic heterocycles. The van der Waals surface area contributed by atoms with E-state index in [9.17, 15) is 0 Å². The van der Waals surface area contributed by atoms with Gasteiger partial charge in [-0.1, -0.05) is 0 Å². The van der Waals surface area contributed by atoms with Crippen LogP contribution in [0.3, 0.4) is 0 Å². The van der Waals surface area contributed by atoms with Crippen LogP contribution in [-0.4, -0.2) is 11.5 Å². The molecule has 1 heterocycles. The Kier molecular flexibility index (Phi) is 1.87. The van der Waals surface area contributed by atoms with Gasteiger partial charge in [-0.25, -0.2) is 4.99 Å². The zero-order chi connectivity index (χ0) is 6.53. The minimum absolute atomic E-state index is 0.455. The van der Waals surface area contributed by atoms with E-state index in [0.29, 0.717) is 5.88 Å². The SMILES string of the molecule is ONC=Nc1ccco1. The summed E-state index contributed by atoms with van der Waals surface area (Å²) in [6.07, 6.45) is 2.63. The summed E-state index contributed by atoms with van der Waals surface area (Å²) in [7, 11) is 0. The molecule has 0 saturated carbocycles. The Balaban J connectivity index is 2.57. The van der Waals surface area contributed by atoms with E-state index in [1.807, 2.05) is 0 Å². The monoisotopic (exact) mass is 126 g/mol. The van der Waals surface area contributed by atoms with Gasteiger partial charge in [0.25, 0.3) is 0 Å². The number of nitrogens with zero attached hydrogens (tertiary/aromatic N) is 1. The van der Waals surface area contributed by atoms with Crippen LogP contribution in [-0.2, 0) is 0 Å². The van der Waals surface area contributed by atoms with Crippen LogP contribution in [0.15, 0.2) is 27.8 Å². The highest BCUT2D eigenvalue weighted by atomic mass is 16.5. The highest BCUT2D eigenvalue weighted by Crippen LogP contribution is 2.08. The quantitative estimate of drug-likeness (QED) is 0.352. The molecule has 1 rings (SSSR count). The third kappa shape index (κ3) is 1.58. The van der Waals surface area contributed by atoms with Gasteiger partial charge in [-0.05, 0) is 6.07 Å². The van der Waals surface area contributed by atoms with Crippen LogP contribution in [0.1, 0.15) is 0 Å². The maximum absolute atomic E-state index is 8.02. The topological polar surface area (TPSA) is 57.8 Å². The molecule has 4 heteroatoms. The van der Waals surface area contributed by atoms with Gasteiger partial charge in [0.05, 0.1) is 6.26 Å². The lowest BCUT2D eigenvalue weighted by Crippen LogP contribution is -2.00. The normalized spacial score (nSPS) is 10.3. The number of rotatable bonds is 2. The second-order valence-corrected chi connectivity index (χ2v) is 1.34. The van der Waals surface area contributed by atoms with Crippen LogP contribution < -0.4 is 5.48 Å². The van der Waals surface area contributed by atoms with Gasteiger partial charge < -0.3 is 4.42 Å². The largest absolute Gasteiger partial charge is 0.447 e. The van der Waals surface area contributed by atoms with E-state index in [2.05, 4.69) is 4.99 Å². The third-order valence-corrected chi connectivity index (χ3v) is 0.756. The van der Waals surface area contributed by atoms with Crippen molar-refractivity contribution < 1.29 is 9.62 Å². The van der Waals surface area contributed by atoms with E-state index in [4.69, 9.17) is 9.62 Å². The highest BCUT2D eigenvalue weighted by Gasteiger charge is 1.84. The fourth-order valence-corrected chi connectivity index (χ4v) is 0.436. The van der Waals surface area contributed by atoms with Gasteiger partial charge in [-0.15, -0.1) is 0 Å². The predicted molar refractivity (Wildman–Crippen MR) is 31.8 cm³/mol. The second-order valence-electron chi connectivity index (χ2n) is 1.34. The molecule has 1 aromatic rings. The van der Waals surface area contributed by atoms with Crippen LogP contribution in [0.2, 0.25) is 0 Å². The zero-order valence-electron chi connectivity index (χ0n) is 4.61. The molecule has 0 fully saturated rings. The van der Waals surface area contributed by atoms with Crippen molar-refractivity contribution in [3.05, 3.63) is 18.4 Å². The fourth-order valence-electron chi connectivity index (χ4n) is 0.436. The lowest BCUT2D eigenvalue weighted by molar-refractivity contribution is 0.239. The molecule has 9 heavy (non-hydrogen) atoms. The van der Waals surface area contributed by atoms with Gasteiger partial charge >= 0.3 is 0 Å². The molecule has 0 aliphatic carbocycles. The number of hydrogen-bond acceptors (Lipinski definition) is 3. The maximum Gasteiger partial charge on any atom is 0.219 e. The molecule has 0 saturated heterocycles. The minimum atomic E-state index is 0.455. The molecule has 0 unspecified atom stereocenters. The summed E-state index contributed by atoms with van der Waals surface area (Å²) in [5.41, 5.74) is 1.75. The number of aliphatic imine (C=N–C) groups is 1. The first-order valence-corrected chi connectivity index (χ1v) is 2.39. The first kappa shape index (κ1) is 5.84. The molecular formula is C5H6N2O2. The Morgan fingerprint density at radius 3 is 3.22 bits per heavy atom. The van der Waals surface area contributed by atoms with Crippen molar-refractivity contribution in [3.63, 3.8) is 0 Å². The number of hydrogen-bond donors (Lipinski definition) is 2. The molecule has 0 amide bonds. The van der Waals surface area contributed by atoms with Crippen molar-refractivity contribution in [1.82, 2.24) is 5.48 Å². The zero-order valence-corrected chi connectivity index (χ0v) is 4.61. The van der Waals surface area contributed by atoms with Gasteiger partial charge in [0.1, 0.15) is 6.34 Å². The molecule has 2 N–H and O–H groups in total. The van der Waals surface area contributed by atoms with E-state index in [1.165, 1.54) is 6.26 Å². The maximum atomic E-state index is 8.02. The number of nitrogens with one attached hydrogen (secondary N) is 1. The Morgan fingerprint density at radius 1 is 1.78 bits per heavy atom. The summed E-state index contributed by atoms with van der Waals surface area (Å²) < 4.78 is 4.79. The summed E-state index contributed by atoms with van der Waals surface area (Å²) in [6.45, 7) is 0. The summed E-state index contributed by atoms with van der Waals surface area (Å²) in [5, 5.41) is 8.02. The third-order valence-electron chi connectivity index (χ3n) is 0.756. The van der Waals surface area contributed by atoms with Crippen molar-refractivity contribution in [2.45, 2.75) is 0 Å². The first-order chi connectivity index (χ1) is 4.43. The van der Waals surface area contributed by atoms with E-state index < -0.39 is 0 Å². The van der Waals surface area contributed by atoms with Crippen LogP contribution >= 0.6 is 0 Å². The molecule has 4 nitrogen and oxygen atoms in total. The summed E-state index contributed by atoms with van der Waals surface area (Å²) in [6, 6.07) is 3.39. The van der Waals surface area contributed by atoms with Crippen molar-refractivity contribution >= 4 is 12.2 Å². The van der Waals surface area contributed by atoms with Gasteiger partial charge in [0.2, 0.25) is 5.88 Å². The van der Waals surface area contributed by atoms with Crippen LogP contribution in [0.25, 0.3) is 0 Å². The lowest BCUT2D eigenvalue weighted by Gasteiger charge is -1.81. The van der Waals surface area contributed by atoms with Crippen molar-refractivity contribution in [1.29, 1.82) is 0 Å². The average molecular weight is 126 g/mol. The highest BCUT2D eigenvalue weighted by molar-refractivity contribution is 5.56. The number of hydroxylamine groups is 1. The summed E-state index contributed by atoms with van der Waals surface area (Å²) in [5.74, 6) is 0.455. The molecule has 0 aliphatic rings. The Morgan fingerprint density at radius 2 is 2.67 bits per heavy atom. The Bertz CT molecular complexity index is 181. The van der Waals surface area contributed by atoms with Crippen molar-refractivity contribution in [2.24, 2.45) is 4.99 Å². The van der Waals surface area contributed by atoms with E-state index >= 15 is 0 Å². The first-order valence-electron chi connectivity index (χ1n) is 2.39. The van der Waals surface area contributed by atoms with Crippen LogP contribution in [0, 0.1) is 0 Å². The van der Waals surface area contributed by atoms with Crippen molar-refractivity contribution in [3.8, 4) is 0 Å². The molecule has 0 atom stereocenters. The smallest absolute Gasteiger partial charge is 0.219 e. The fraction of sp³-hybridized carbons (Fsp3) is 0. The summed E-state index contributed by atoms with van der Waals surface area (Å²) >= 11 is 0. The lowest BCUT2D eigenvalue weighted by atomic mass is 10.6. The minimum Gasteiger partial charge on any atom is -0.447 e. The molecule has 48 valence electrons. The predicted octanol–water partition coefficient (Wildman–Crippen LogP) is 0.918. The second kappa shape index (κ2) is 2.88. The van der Waals surface area contributed by atoms with Gasteiger partial charge in [0.15, 0.2) is 0 Å². The molecule has 0 radical (unpaired) electrons. The Labute approximate surface area is 51.8 Å². The van der Waals surface area contributed by atoms with Crippen LogP contribution in [0.4, 0.5) is 5.88 Å². The number of furan rings is 1. The standard InChI is InChI=1S/C5H6N2O2/c8-7-4-6-5-2-1-3-9-5/h1-4,8H,(H,6,7). The molecule has 0 spiro atoms. The van der Waals surface area contributed by atoms with Gasteiger partial charge in [0, 0.05) is 6.07 Å². The van der Waals surface area contributed by atoms with Crippen molar-refractivity contribution in [2.75, 3.05) is 0 Å². The van der Waals surface area contributed by atoms with E-state index in [0.717, 1.165) is 6.34 Å². The van der Waals surface area contributed by atoms with E-state index in [-0.39, 0.29) is 0 Å². The van der Waals surface area contributed by atoms with Crippen LogP contribution in [0.5, 0.6) is 0 Å². The van der Waals surface area contributed by atoms with Gasteiger partial charge in [-0.3, -0.25) is 10.7 Å². The van der Waals surface area contributed by atoms with E-state index in [1.54, 1.807) is 17.6 Å². The molecular weight excluding hydrogens is 120 g/mol. The van der Waals surface area contributed by atoms with Gasteiger partial charge in [-0.2, -0.15) is 0 Å². The molecule has 1 aromatic heterocycles. The Hall–Kier alpha value is -1.29. The average Bonchev–Trinajstić information content (AvgIpc) is 2.34. The summed E-state index contributed by atoms with van der Waals surface area (Å²) in [4.78, 5) is 3.63. The molecule has 0 aromatic carbocycles.